The van der Waals surface area contributed by atoms with E-state index in [4.69, 9.17) is 9.47 Å². The second-order valence-electron chi connectivity index (χ2n) is 10.4. The first-order valence-electron chi connectivity index (χ1n) is 11.2. The fourth-order valence-corrected chi connectivity index (χ4v) is 3.73. The van der Waals surface area contributed by atoms with Crippen LogP contribution in [-0.2, 0) is 29.4 Å². The van der Waals surface area contributed by atoms with Gasteiger partial charge in [-0.25, -0.2) is 0 Å². The van der Waals surface area contributed by atoms with Crippen molar-refractivity contribution < 1.29 is 9.47 Å². The molecule has 0 amide bonds. The Bertz CT molecular complexity index is 927. The Morgan fingerprint density at radius 3 is 1.25 bits per heavy atom. The van der Waals surface area contributed by atoms with Crippen molar-refractivity contribution in [1.82, 2.24) is 0 Å². The summed E-state index contributed by atoms with van der Waals surface area (Å²) in [6, 6.07) is 23.4. The van der Waals surface area contributed by atoms with Gasteiger partial charge in [-0.1, -0.05) is 106 Å². The number of ether oxygens (including phenoxy) is 2. The molecule has 0 N–H and O–H groups in total. The van der Waals surface area contributed by atoms with Gasteiger partial charge in [-0.3, -0.25) is 0 Å². The zero-order valence-corrected chi connectivity index (χ0v) is 21.8. The van der Waals surface area contributed by atoms with Crippen LogP contribution in [0.15, 0.2) is 66.7 Å². The van der Waals surface area contributed by atoms with Gasteiger partial charge in [0.1, 0.15) is 24.7 Å². The summed E-state index contributed by atoms with van der Waals surface area (Å²) in [4.78, 5) is 0. The fraction of sp³-hybridized carbons (Fsp3) is 0.379. The zero-order valence-electron chi connectivity index (χ0n) is 20.2. The van der Waals surface area contributed by atoms with Gasteiger partial charge in [-0.05, 0) is 50.8 Å². The van der Waals surface area contributed by atoms with Gasteiger partial charge in [0.05, 0.1) is 0 Å². The lowest BCUT2D eigenvalue weighted by Gasteiger charge is -2.19. The van der Waals surface area contributed by atoms with Gasteiger partial charge in [0.15, 0.2) is 0 Å². The van der Waals surface area contributed by atoms with E-state index >= 15 is 0 Å². The highest BCUT2D eigenvalue weighted by atomic mass is 79.9. The molecular formula is C29H35BrO2. The van der Waals surface area contributed by atoms with Gasteiger partial charge in [0.25, 0.3) is 0 Å². The number of hydrogen-bond donors (Lipinski definition) is 0. The molecule has 0 spiro atoms. The Morgan fingerprint density at radius 2 is 0.938 bits per heavy atom. The van der Waals surface area contributed by atoms with Crippen molar-refractivity contribution >= 4 is 15.9 Å². The third-order valence-electron chi connectivity index (χ3n) is 5.55. The molecule has 2 nitrogen and oxygen atoms in total. The van der Waals surface area contributed by atoms with Crippen molar-refractivity contribution in [2.75, 3.05) is 0 Å². The second kappa shape index (κ2) is 10.1. The Morgan fingerprint density at radius 1 is 0.562 bits per heavy atom. The van der Waals surface area contributed by atoms with Gasteiger partial charge in [0, 0.05) is 11.4 Å². The SMILES string of the molecule is CC(C)(C)c1ccc(COc2cc(CBr)cc(OCc3ccc(C(C)(C)C)cc3)c2)cc1. The van der Waals surface area contributed by atoms with Gasteiger partial charge < -0.3 is 9.47 Å². The first kappa shape index (κ1) is 24.4. The topological polar surface area (TPSA) is 18.5 Å². The molecule has 170 valence electrons. The first-order chi connectivity index (χ1) is 15.0. The highest BCUT2D eigenvalue weighted by Crippen LogP contribution is 2.27. The molecule has 0 saturated heterocycles. The maximum Gasteiger partial charge on any atom is 0.123 e. The van der Waals surface area contributed by atoms with Crippen LogP contribution in [0.2, 0.25) is 0 Å². The molecule has 0 unspecified atom stereocenters. The number of rotatable bonds is 7. The molecule has 0 heterocycles. The molecule has 0 atom stereocenters. The predicted molar refractivity (Wildman–Crippen MR) is 138 cm³/mol. The molecule has 0 saturated carbocycles. The standard InChI is InChI=1S/C29H35BrO2/c1-28(2,3)24-11-7-21(8-12-24)19-31-26-15-23(18-30)16-27(17-26)32-20-22-9-13-25(14-10-22)29(4,5)6/h7-17H,18-20H2,1-6H3. The van der Waals surface area contributed by atoms with Gasteiger partial charge >= 0.3 is 0 Å². The Kier molecular flexibility index (Phi) is 7.71. The molecular weight excluding hydrogens is 460 g/mol. The van der Waals surface area contributed by atoms with E-state index in [1.165, 1.54) is 11.1 Å². The lowest BCUT2D eigenvalue weighted by Crippen LogP contribution is -2.11. The van der Waals surface area contributed by atoms with Crippen LogP contribution in [0.4, 0.5) is 0 Å². The number of benzene rings is 3. The van der Waals surface area contributed by atoms with Crippen LogP contribution in [0.5, 0.6) is 11.5 Å². The van der Waals surface area contributed by atoms with E-state index < -0.39 is 0 Å². The fourth-order valence-electron chi connectivity index (χ4n) is 3.41. The van der Waals surface area contributed by atoms with Crippen molar-refractivity contribution in [1.29, 1.82) is 0 Å². The summed E-state index contributed by atoms with van der Waals surface area (Å²) in [5.41, 5.74) is 6.41. The summed E-state index contributed by atoms with van der Waals surface area (Å²) in [7, 11) is 0. The van der Waals surface area contributed by atoms with Crippen molar-refractivity contribution in [3.8, 4) is 11.5 Å². The summed E-state index contributed by atoms with van der Waals surface area (Å²) in [6.07, 6.45) is 0. The molecule has 3 rings (SSSR count). The van der Waals surface area contributed by atoms with Crippen molar-refractivity contribution in [3.63, 3.8) is 0 Å². The van der Waals surface area contributed by atoms with Gasteiger partial charge in [-0.15, -0.1) is 0 Å². The zero-order chi connectivity index (χ0) is 23.4. The molecule has 3 heteroatoms. The summed E-state index contributed by atoms with van der Waals surface area (Å²) in [5.74, 6) is 1.64. The van der Waals surface area contributed by atoms with Crippen molar-refractivity contribution in [2.45, 2.75) is 70.9 Å². The number of halogens is 1. The normalized spacial score (nSPS) is 12.0. The van der Waals surface area contributed by atoms with Gasteiger partial charge in [0.2, 0.25) is 0 Å². The molecule has 3 aromatic rings. The van der Waals surface area contributed by atoms with E-state index in [1.54, 1.807) is 0 Å². The minimum Gasteiger partial charge on any atom is -0.489 e. The van der Waals surface area contributed by atoms with Crippen LogP contribution >= 0.6 is 15.9 Å². The van der Waals surface area contributed by atoms with Crippen LogP contribution in [-0.4, -0.2) is 0 Å². The van der Waals surface area contributed by atoms with E-state index in [-0.39, 0.29) is 10.8 Å². The molecule has 32 heavy (non-hydrogen) atoms. The Balaban J connectivity index is 1.65. The van der Waals surface area contributed by atoms with Crippen LogP contribution in [0, 0.1) is 0 Å². The lowest BCUT2D eigenvalue weighted by molar-refractivity contribution is 0.289. The molecule has 0 radical (unpaired) electrons. The molecule has 0 aliphatic heterocycles. The summed E-state index contributed by atoms with van der Waals surface area (Å²) < 4.78 is 12.2. The molecule has 0 aliphatic carbocycles. The second-order valence-corrected chi connectivity index (χ2v) is 11.0. The first-order valence-corrected chi connectivity index (χ1v) is 12.3. The number of alkyl halides is 1. The van der Waals surface area contributed by atoms with E-state index in [1.807, 2.05) is 6.07 Å². The molecule has 0 fully saturated rings. The summed E-state index contributed by atoms with van der Waals surface area (Å²) in [5, 5.41) is 0.751. The van der Waals surface area contributed by atoms with E-state index in [0.717, 1.165) is 33.5 Å². The molecule has 0 bridgehead atoms. The van der Waals surface area contributed by atoms with Crippen molar-refractivity contribution in [3.05, 3.63) is 94.5 Å². The van der Waals surface area contributed by atoms with E-state index in [9.17, 15) is 0 Å². The van der Waals surface area contributed by atoms with Gasteiger partial charge in [-0.2, -0.15) is 0 Å². The quantitative estimate of drug-likeness (QED) is 0.307. The monoisotopic (exact) mass is 494 g/mol. The maximum atomic E-state index is 6.11. The summed E-state index contributed by atoms with van der Waals surface area (Å²) in [6.45, 7) is 14.4. The molecule has 0 aromatic heterocycles. The third kappa shape index (κ3) is 6.87. The Hall–Kier alpha value is -2.26. The van der Waals surface area contributed by atoms with Crippen LogP contribution in [0.25, 0.3) is 0 Å². The van der Waals surface area contributed by atoms with Crippen LogP contribution in [0.1, 0.15) is 69.4 Å². The van der Waals surface area contributed by atoms with Crippen LogP contribution < -0.4 is 9.47 Å². The Labute approximate surface area is 202 Å². The average molecular weight is 496 g/mol. The van der Waals surface area contributed by atoms with Crippen molar-refractivity contribution in [2.24, 2.45) is 0 Å². The molecule has 0 aliphatic rings. The van der Waals surface area contributed by atoms with E-state index in [0.29, 0.717) is 13.2 Å². The maximum absolute atomic E-state index is 6.11. The number of hydrogen-bond acceptors (Lipinski definition) is 2. The van der Waals surface area contributed by atoms with E-state index in [2.05, 4.69) is 118 Å². The predicted octanol–water partition coefficient (Wildman–Crippen LogP) is 8.33. The lowest BCUT2D eigenvalue weighted by atomic mass is 9.87. The average Bonchev–Trinajstić information content (AvgIpc) is 2.75. The van der Waals surface area contributed by atoms with Crippen LogP contribution in [0.3, 0.4) is 0 Å². The minimum atomic E-state index is 0.156. The summed E-state index contributed by atoms with van der Waals surface area (Å²) >= 11 is 3.56. The smallest absolute Gasteiger partial charge is 0.123 e. The molecule has 3 aromatic carbocycles. The minimum absolute atomic E-state index is 0.156. The highest BCUT2D eigenvalue weighted by Gasteiger charge is 2.14. The third-order valence-corrected chi connectivity index (χ3v) is 6.19. The highest BCUT2D eigenvalue weighted by molar-refractivity contribution is 9.08. The largest absolute Gasteiger partial charge is 0.489 e.